The van der Waals surface area contributed by atoms with Gasteiger partial charge in [-0.05, 0) is 6.42 Å². The zero-order valence-corrected chi connectivity index (χ0v) is 6.51. The molecule has 0 aliphatic carbocycles. The zero-order chi connectivity index (χ0) is 8.53. The van der Waals surface area contributed by atoms with Gasteiger partial charge in [0.1, 0.15) is 6.61 Å². The smallest absolute Gasteiger partial charge is 0.245 e. The van der Waals surface area contributed by atoms with Crippen LogP contribution in [0.1, 0.15) is 6.42 Å². The van der Waals surface area contributed by atoms with E-state index in [1.807, 2.05) is 0 Å². The molecular weight excluding hydrogens is 146 g/mol. The molecule has 0 saturated heterocycles. The normalized spacial score (nSPS) is 9.64. The largest absolute Gasteiger partial charge is 0.394 e. The van der Waals surface area contributed by atoms with E-state index in [0.29, 0.717) is 13.0 Å². The van der Waals surface area contributed by atoms with Crippen molar-refractivity contribution in [2.75, 3.05) is 26.4 Å². The summed E-state index contributed by atoms with van der Waals surface area (Å²) in [6, 6.07) is 0. The van der Waals surface area contributed by atoms with Crippen molar-refractivity contribution in [2.45, 2.75) is 6.42 Å². The van der Waals surface area contributed by atoms with Gasteiger partial charge in [-0.15, -0.1) is 0 Å². The maximum Gasteiger partial charge on any atom is 0.245 e. The quantitative estimate of drug-likeness (QED) is 0.507. The van der Waals surface area contributed by atoms with Gasteiger partial charge in [0.05, 0.1) is 13.2 Å². The first-order chi connectivity index (χ1) is 5.31. The van der Waals surface area contributed by atoms with Crippen molar-refractivity contribution >= 4 is 5.91 Å². The van der Waals surface area contributed by atoms with E-state index in [0.717, 1.165) is 0 Å². The Balaban J connectivity index is 3.09. The van der Waals surface area contributed by atoms with Gasteiger partial charge in [0, 0.05) is 6.54 Å². The standard InChI is InChI=1S/C7H14NO3/c1-2-3-8-7(10)6-11-5-4-9/h9H,1-6H2,(H,8,10). The van der Waals surface area contributed by atoms with Crippen molar-refractivity contribution in [3.63, 3.8) is 0 Å². The molecule has 0 rings (SSSR count). The lowest BCUT2D eigenvalue weighted by molar-refractivity contribution is -0.125. The Kier molecular flexibility index (Phi) is 7.08. The molecule has 2 N–H and O–H groups in total. The van der Waals surface area contributed by atoms with Crippen LogP contribution in [0.15, 0.2) is 0 Å². The molecular formula is C7H14NO3. The summed E-state index contributed by atoms with van der Waals surface area (Å²) >= 11 is 0. The molecule has 0 aliphatic rings. The van der Waals surface area contributed by atoms with Gasteiger partial charge >= 0.3 is 0 Å². The summed E-state index contributed by atoms with van der Waals surface area (Å²) in [4.78, 5) is 10.7. The van der Waals surface area contributed by atoms with Crippen LogP contribution in [0.5, 0.6) is 0 Å². The summed E-state index contributed by atoms with van der Waals surface area (Å²) in [6.07, 6.45) is 0.672. The minimum Gasteiger partial charge on any atom is -0.394 e. The van der Waals surface area contributed by atoms with Crippen LogP contribution in [0.2, 0.25) is 0 Å². The van der Waals surface area contributed by atoms with E-state index in [2.05, 4.69) is 12.2 Å². The second kappa shape index (κ2) is 7.50. The third-order valence-corrected chi connectivity index (χ3v) is 0.968. The topological polar surface area (TPSA) is 58.6 Å². The Morgan fingerprint density at radius 3 is 2.91 bits per heavy atom. The van der Waals surface area contributed by atoms with Crippen LogP contribution in [-0.2, 0) is 9.53 Å². The molecule has 4 nitrogen and oxygen atoms in total. The molecule has 0 aromatic rings. The van der Waals surface area contributed by atoms with Crippen molar-refractivity contribution in [2.24, 2.45) is 0 Å². The van der Waals surface area contributed by atoms with Crippen LogP contribution in [-0.4, -0.2) is 37.4 Å². The molecule has 1 amide bonds. The molecule has 1 radical (unpaired) electrons. The average molecular weight is 160 g/mol. The third kappa shape index (κ3) is 7.29. The van der Waals surface area contributed by atoms with E-state index in [9.17, 15) is 4.79 Å². The highest BCUT2D eigenvalue weighted by molar-refractivity contribution is 5.77. The lowest BCUT2D eigenvalue weighted by Crippen LogP contribution is -2.28. The Morgan fingerprint density at radius 2 is 2.36 bits per heavy atom. The van der Waals surface area contributed by atoms with E-state index in [4.69, 9.17) is 9.84 Å². The number of hydrogen-bond acceptors (Lipinski definition) is 3. The lowest BCUT2D eigenvalue weighted by atomic mass is 10.5. The fourth-order valence-electron chi connectivity index (χ4n) is 0.508. The molecule has 0 spiro atoms. The first-order valence-electron chi connectivity index (χ1n) is 3.55. The number of carbonyl (C=O) groups is 1. The van der Waals surface area contributed by atoms with Crippen LogP contribution in [0.3, 0.4) is 0 Å². The number of carbonyl (C=O) groups excluding carboxylic acids is 1. The van der Waals surface area contributed by atoms with Gasteiger partial charge in [-0.3, -0.25) is 4.79 Å². The molecule has 4 heteroatoms. The maximum atomic E-state index is 10.7. The first-order valence-corrected chi connectivity index (χ1v) is 3.55. The molecule has 0 saturated carbocycles. The number of aliphatic hydroxyl groups excluding tert-OH is 1. The number of ether oxygens (including phenoxy) is 1. The minimum atomic E-state index is -0.165. The Hall–Kier alpha value is -0.610. The van der Waals surface area contributed by atoms with Crippen LogP contribution in [0.25, 0.3) is 0 Å². The van der Waals surface area contributed by atoms with E-state index >= 15 is 0 Å². The maximum absolute atomic E-state index is 10.7. The second-order valence-electron chi connectivity index (χ2n) is 1.98. The van der Waals surface area contributed by atoms with E-state index < -0.39 is 0 Å². The van der Waals surface area contributed by atoms with Crippen LogP contribution >= 0.6 is 0 Å². The number of hydrogen-bond donors (Lipinski definition) is 2. The summed E-state index contributed by atoms with van der Waals surface area (Å²) in [7, 11) is 0. The monoisotopic (exact) mass is 160 g/mol. The zero-order valence-electron chi connectivity index (χ0n) is 6.51. The first kappa shape index (κ1) is 10.4. The fraction of sp³-hybridized carbons (Fsp3) is 0.714. The predicted molar refractivity (Wildman–Crippen MR) is 40.9 cm³/mol. The van der Waals surface area contributed by atoms with Crippen molar-refractivity contribution in [1.82, 2.24) is 5.32 Å². The molecule has 65 valence electrons. The highest BCUT2D eigenvalue weighted by atomic mass is 16.5. The highest BCUT2D eigenvalue weighted by Gasteiger charge is 1.97. The van der Waals surface area contributed by atoms with E-state index in [1.54, 1.807) is 0 Å². The summed E-state index contributed by atoms with van der Waals surface area (Å²) in [5.41, 5.74) is 0. The molecule has 0 aliphatic heterocycles. The summed E-state index contributed by atoms with van der Waals surface area (Å²) in [5.74, 6) is -0.165. The number of aliphatic hydroxyl groups is 1. The molecule has 0 aromatic carbocycles. The third-order valence-electron chi connectivity index (χ3n) is 0.968. The van der Waals surface area contributed by atoms with Gasteiger partial charge in [-0.2, -0.15) is 0 Å². The van der Waals surface area contributed by atoms with Crippen molar-refractivity contribution < 1.29 is 14.6 Å². The lowest BCUT2D eigenvalue weighted by Gasteiger charge is -2.02. The summed E-state index contributed by atoms with van der Waals surface area (Å²) in [6.45, 7) is 4.30. The van der Waals surface area contributed by atoms with E-state index in [1.165, 1.54) is 0 Å². The fourth-order valence-corrected chi connectivity index (χ4v) is 0.508. The molecule has 0 bridgehead atoms. The van der Waals surface area contributed by atoms with Gasteiger partial charge in [0.25, 0.3) is 0 Å². The van der Waals surface area contributed by atoms with Crippen molar-refractivity contribution in [1.29, 1.82) is 0 Å². The Morgan fingerprint density at radius 1 is 1.64 bits per heavy atom. The number of nitrogens with one attached hydrogen (secondary N) is 1. The van der Waals surface area contributed by atoms with Crippen LogP contribution < -0.4 is 5.32 Å². The van der Waals surface area contributed by atoms with E-state index in [-0.39, 0.29) is 25.7 Å². The van der Waals surface area contributed by atoms with Gasteiger partial charge < -0.3 is 15.2 Å². The number of rotatable bonds is 6. The average Bonchev–Trinajstić information content (AvgIpc) is 2.01. The highest BCUT2D eigenvalue weighted by Crippen LogP contribution is 1.75. The Bertz CT molecular complexity index is 106. The minimum absolute atomic E-state index is 0.0144. The van der Waals surface area contributed by atoms with Crippen molar-refractivity contribution in [3.05, 3.63) is 6.92 Å². The van der Waals surface area contributed by atoms with Crippen LogP contribution in [0.4, 0.5) is 0 Å². The van der Waals surface area contributed by atoms with Gasteiger partial charge in [0.2, 0.25) is 5.91 Å². The Labute approximate surface area is 66.5 Å². The second-order valence-corrected chi connectivity index (χ2v) is 1.98. The number of amides is 1. The molecule has 0 unspecified atom stereocenters. The molecule has 0 atom stereocenters. The summed E-state index contributed by atoms with van der Waals surface area (Å²) in [5, 5.41) is 10.9. The summed E-state index contributed by atoms with van der Waals surface area (Å²) < 4.78 is 4.76. The van der Waals surface area contributed by atoms with Crippen molar-refractivity contribution in [3.8, 4) is 0 Å². The predicted octanol–water partition coefficient (Wildman–Crippen LogP) is -0.664. The van der Waals surface area contributed by atoms with Crippen LogP contribution in [0, 0.1) is 6.92 Å². The van der Waals surface area contributed by atoms with Gasteiger partial charge in [-0.1, -0.05) is 6.92 Å². The molecule has 0 aromatic heterocycles. The molecule has 0 fully saturated rings. The van der Waals surface area contributed by atoms with Gasteiger partial charge in [0.15, 0.2) is 0 Å². The SMILES string of the molecule is [CH2]CCNC(=O)COCCO. The molecule has 11 heavy (non-hydrogen) atoms. The van der Waals surface area contributed by atoms with Gasteiger partial charge in [-0.25, -0.2) is 0 Å². The molecule has 0 heterocycles.